The summed E-state index contributed by atoms with van der Waals surface area (Å²) in [6.45, 7) is 0.542. The van der Waals surface area contributed by atoms with Gasteiger partial charge in [0.05, 0.1) is 5.69 Å². The van der Waals surface area contributed by atoms with E-state index < -0.39 is 0 Å². The summed E-state index contributed by atoms with van der Waals surface area (Å²) in [6, 6.07) is 15.6. The van der Waals surface area contributed by atoms with Gasteiger partial charge in [0, 0.05) is 12.1 Å². The Hall–Kier alpha value is -2.20. The van der Waals surface area contributed by atoms with E-state index in [1.807, 2.05) is 60.0 Å². The van der Waals surface area contributed by atoms with Crippen LogP contribution in [0.25, 0.3) is 6.08 Å². The predicted octanol–water partition coefficient (Wildman–Crippen LogP) is 3.66. The van der Waals surface area contributed by atoms with Crippen molar-refractivity contribution in [2.24, 2.45) is 0 Å². The van der Waals surface area contributed by atoms with Crippen LogP contribution in [-0.2, 0) is 6.54 Å². The molecule has 3 nitrogen and oxygen atoms in total. The topological polar surface area (TPSA) is 41.1 Å². The second kappa shape index (κ2) is 5.84. The van der Waals surface area contributed by atoms with Gasteiger partial charge in [-0.1, -0.05) is 30.3 Å². The second-order valence-electron chi connectivity index (χ2n) is 4.49. The van der Waals surface area contributed by atoms with E-state index in [1.54, 1.807) is 0 Å². The molecule has 0 bridgehead atoms. The summed E-state index contributed by atoms with van der Waals surface area (Å²) in [5.74, 6) is -0.0525. The molecule has 3 rings (SSSR count). The number of fused-ring (bicyclic) bond motifs is 1. The van der Waals surface area contributed by atoms with Gasteiger partial charge in [-0.2, -0.15) is 0 Å². The normalized spacial score (nSPS) is 12.4. The van der Waals surface area contributed by atoms with Gasteiger partial charge >= 0.3 is 0 Å². The lowest BCUT2D eigenvalue weighted by Crippen LogP contribution is -2.22. The highest BCUT2D eigenvalue weighted by molar-refractivity contribution is 8.03. The first kappa shape index (κ1) is 12.8. The Bertz CT molecular complexity index is 653. The van der Waals surface area contributed by atoms with Crippen LogP contribution in [0.15, 0.2) is 53.9 Å². The third kappa shape index (κ3) is 2.86. The van der Waals surface area contributed by atoms with Crippen LogP contribution in [0.4, 0.5) is 5.69 Å². The van der Waals surface area contributed by atoms with Crippen molar-refractivity contribution in [3.8, 4) is 0 Å². The fourth-order valence-corrected chi connectivity index (χ4v) is 2.62. The Morgan fingerprint density at radius 1 is 1.15 bits per heavy atom. The molecule has 0 unspecified atom stereocenters. The van der Waals surface area contributed by atoms with Crippen molar-refractivity contribution in [3.05, 3.63) is 70.6 Å². The van der Waals surface area contributed by atoms with Gasteiger partial charge in [0.25, 0.3) is 5.91 Å². The number of hydrogen-bond acceptors (Lipinski definition) is 3. The lowest BCUT2D eigenvalue weighted by Gasteiger charge is -2.13. The molecule has 2 N–H and O–H groups in total. The minimum Gasteiger partial charge on any atom is -0.348 e. The largest absolute Gasteiger partial charge is 0.348 e. The van der Waals surface area contributed by atoms with E-state index in [1.165, 1.54) is 11.9 Å². The van der Waals surface area contributed by atoms with Crippen molar-refractivity contribution in [2.45, 2.75) is 6.54 Å². The van der Waals surface area contributed by atoms with Crippen LogP contribution in [0.3, 0.4) is 0 Å². The molecule has 4 heteroatoms. The zero-order chi connectivity index (χ0) is 13.8. The maximum Gasteiger partial charge on any atom is 0.251 e. The van der Waals surface area contributed by atoms with Crippen molar-refractivity contribution < 1.29 is 4.79 Å². The lowest BCUT2D eigenvalue weighted by atomic mass is 10.1. The van der Waals surface area contributed by atoms with Crippen LogP contribution < -0.4 is 10.0 Å². The summed E-state index contributed by atoms with van der Waals surface area (Å²) in [7, 11) is 0. The second-order valence-corrected chi connectivity index (χ2v) is 5.20. The summed E-state index contributed by atoms with van der Waals surface area (Å²) in [5.41, 5.74) is 3.85. The maximum atomic E-state index is 12.1. The van der Waals surface area contributed by atoms with Crippen molar-refractivity contribution in [1.82, 2.24) is 5.32 Å². The highest BCUT2D eigenvalue weighted by atomic mass is 32.2. The van der Waals surface area contributed by atoms with E-state index in [-0.39, 0.29) is 5.91 Å². The molecule has 0 fully saturated rings. The molecule has 100 valence electrons. The van der Waals surface area contributed by atoms with Crippen LogP contribution in [0.5, 0.6) is 0 Å². The van der Waals surface area contributed by atoms with Gasteiger partial charge in [-0.3, -0.25) is 4.79 Å². The number of amides is 1. The Kier molecular flexibility index (Phi) is 3.74. The molecule has 0 aromatic heterocycles. The molecule has 1 amide bonds. The summed E-state index contributed by atoms with van der Waals surface area (Å²) in [4.78, 5) is 12.1. The number of carbonyl (C=O) groups excluding carboxylic acids is 1. The fourth-order valence-electron chi connectivity index (χ4n) is 2.02. The first-order valence-corrected chi connectivity index (χ1v) is 7.25. The van der Waals surface area contributed by atoms with E-state index in [0.29, 0.717) is 12.1 Å². The Labute approximate surface area is 122 Å². The average molecular weight is 282 g/mol. The van der Waals surface area contributed by atoms with E-state index in [0.717, 1.165) is 16.8 Å². The summed E-state index contributed by atoms with van der Waals surface area (Å²) < 4.78 is 3.18. The van der Waals surface area contributed by atoms with Crippen molar-refractivity contribution >= 4 is 29.6 Å². The van der Waals surface area contributed by atoms with Crippen molar-refractivity contribution in [1.29, 1.82) is 0 Å². The summed E-state index contributed by atoms with van der Waals surface area (Å²) >= 11 is 1.53. The van der Waals surface area contributed by atoms with Crippen LogP contribution in [0.2, 0.25) is 0 Å². The molecule has 0 radical (unpaired) electrons. The standard InChI is InChI=1S/C16H14N2OS/c19-16(17-11-12-4-2-1-3-5-12)14-6-7-15-13(10-14)8-9-20-18-15/h1-10,18H,11H2,(H,17,19). The monoisotopic (exact) mass is 282 g/mol. The van der Waals surface area contributed by atoms with Gasteiger partial charge in [-0.15, -0.1) is 0 Å². The molecular formula is C16H14N2OS. The molecule has 1 aliphatic rings. The van der Waals surface area contributed by atoms with Gasteiger partial charge < -0.3 is 10.0 Å². The lowest BCUT2D eigenvalue weighted by molar-refractivity contribution is 0.0951. The number of anilines is 1. The number of nitrogens with one attached hydrogen (secondary N) is 2. The molecule has 0 saturated carbocycles. The molecule has 1 aliphatic heterocycles. The molecule has 0 aliphatic carbocycles. The molecule has 0 saturated heterocycles. The highest BCUT2D eigenvalue weighted by Crippen LogP contribution is 2.27. The summed E-state index contributed by atoms with van der Waals surface area (Å²) in [6.07, 6.45) is 2.00. The first-order valence-electron chi connectivity index (χ1n) is 6.37. The van der Waals surface area contributed by atoms with Gasteiger partial charge in [-0.25, -0.2) is 0 Å². The van der Waals surface area contributed by atoms with Gasteiger partial charge in [0.15, 0.2) is 0 Å². The van der Waals surface area contributed by atoms with Gasteiger partial charge in [0.1, 0.15) is 0 Å². The van der Waals surface area contributed by atoms with E-state index in [4.69, 9.17) is 0 Å². The number of carbonyl (C=O) groups is 1. The molecule has 20 heavy (non-hydrogen) atoms. The van der Waals surface area contributed by atoms with Crippen LogP contribution in [0.1, 0.15) is 21.5 Å². The van der Waals surface area contributed by atoms with Gasteiger partial charge in [0.2, 0.25) is 0 Å². The van der Waals surface area contributed by atoms with Gasteiger partial charge in [-0.05, 0) is 52.8 Å². The predicted molar refractivity (Wildman–Crippen MR) is 84.3 cm³/mol. The fraction of sp³-hybridized carbons (Fsp3) is 0.0625. The average Bonchev–Trinajstić information content (AvgIpc) is 2.53. The highest BCUT2D eigenvalue weighted by Gasteiger charge is 2.10. The summed E-state index contributed by atoms with van der Waals surface area (Å²) in [5, 5.41) is 4.90. The third-order valence-electron chi connectivity index (χ3n) is 3.09. The number of rotatable bonds is 3. The zero-order valence-corrected chi connectivity index (χ0v) is 11.6. The zero-order valence-electron chi connectivity index (χ0n) is 10.8. The smallest absolute Gasteiger partial charge is 0.251 e. The van der Waals surface area contributed by atoms with Crippen molar-refractivity contribution in [3.63, 3.8) is 0 Å². The minimum absolute atomic E-state index is 0.0525. The van der Waals surface area contributed by atoms with Crippen LogP contribution in [0, 0.1) is 0 Å². The third-order valence-corrected chi connectivity index (χ3v) is 3.70. The number of benzene rings is 2. The molecule has 2 aromatic carbocycles. The Balaban J connectivity index is 1.70. The van der Waals surface area contributed by atoms with E-state index in [2.05, 4.69) is 10.0 Å². The molecule has 0 atom stereocenters. The minimum atomic E-state index is -0.0525. The van der Waals surface area contributed by atoms with Crippen molar-refractivity contribution in [2.75, 3.05) is 4.72 Å². The first-order chi connectivity index (χ1) is 9.83. The van der Waals surface area contributed by atoms with Crippen LogP contribution >= 0.6 is 11.9 Å². The molecule has 1 heterocycles. The maximum absolute atomic E-state index is 12.1. The quantitative estimate of drug-likeness (QED) is 0.844. The van der Waals surface area contributed by atoms with E-state index in [9.17, 15) is 4.79 Å². The van der Waals surface area contributed by atoms with Crippen LogP contribution in [-0.4, -0.2) is 5.91 Å². The Morgan fingerprint density at radius 2 is 2.00 bits per heavy atom. The SMILES string of the molecule is O=C(NCc1ccccc1)c1ccc2c(c1)C=CSN2. The molecule has 2 aromatic rings. The van der Waals surface area contributed by atoms with E-state index >= 15 is 0 Å². The molecule has 0 spiro atoms. The Morgan fingerprint density at radius 3 is 2.85 bits per heavy atom. The molecular weight excluding hydrogens is 268 g/mol. The number of hydrogen-bond donors (Lipinski definition) is 2.